The van der Waals surface area contributed by atoms with Crippen LogP contribution >= 0.6 is 0 Å². The Labute approximate surface area is 203 Å². The van der Waals surface area contributed by atoms with Crippen molar-refractivity contribution in [2.75, 3.05) is 13.7 Å². The minimum absolute atomic E-state index is 0.0877. The van der Waals surface area contributed by atoms with E-state index in [1.54, 1.807) is 13.8 Å². The Morgan fingerprint density at radius 3 is 2.06 bits per heavy atom. The van der Waals surface area contributed by atoms with Crippen LogP contribution in [0.4, 0.5) is 4.79 Å². The third-order valence-electron chi connectivity index (χ3n) is 6.33. The molecule has 2 aromatic carbocycles. The van der Waals surface area contributed by atoms with Crippen molar-refractivity contribution in [3.63, 3.8) is 0 Å². The molecule has 9 heteroatoms. The number of carbonyl (C=O) groups excluding carboxylic acids is 3. The van der Waals surface area contributed by atoms with Gasteiger partial charge in [-0.25, -0.2) is 9.59 Å². The smallest absolute Gasteiger partial charge is 0.407 e. The molecule has 0 aliphatic heterocycles. The zero-order chi connectivity index (χ0) is 25.5. The first-order chi connectivity index (χ1) is 16.7. The van der Waals surface area contributed by atoms with E-state index in [1.807, 2.05) is 48.5 Å². The highest BCUT2D eigenvalue weighted by Crippen LogP contribution is 2.44. The first-order valence-corrected chi connectivity index (χ1v) is 11.4. The summed E-state index contributed by atoms with van der Waals surface area (Å²) in [6.45, 7) is 3.35. The average Bonchev–Trinajstić information content (AvgIpc) is 3.17. The predicted molar refractivity (Wildman–Crippen MR) is 128 cm³/mol. The molecule has 0 spiro atoms. The van der Waals surface area contributed by atoms with Crippen LogP contribution in [0.5, 0.6) is 0 Å². The average molecular weight is 483 g/mol. The molecule has 3 rings (SSSR count). The van der Waals surface area contributed by atoms with Crippen LogP contribution < -0.4 is 10.6 Å². The zero-order valence-electron chi connectivity index (χ0n) is 19.9. The first kappa shape index (κ1) is 25.7. The van der Waals surface area contributed by atoms with Crippen LogP contribution in [-0.2, 0) is 23.9 Å². The minimum Gasteiger partial charge on any atom is -0.480 e. The highest BCUT2D eigenvalue weighted by molar-refractivity contribution is 5.86. The van der Waals surface area contributed by atoms with Crippen LogP contribution in [0.1, 0.15) is 43.7 Å². The lowest BCUT2D eigenvalue weighted by Crippen LogP contribution is -2.49. The van der Waals surface area contributed by atoms with Gasteiger partial charge < -0.3 is 25.2 Å². The quantitative estimate of drug-likeness (QED) is 0.444. The molecular formula is C26H30N2O7. The number of ether oxygens (including phenoxy) is 2. The Hall–Kier alpha value is -3.88. The van der Waals surface area contributed by atoms with E-state index < -0.39 is 41.9 Å². The van der Waals surface area contributed by atoms with Crippen LogP contribution in [0.25, 0.3) is 11.1 Å². The van der Waals surface area contributed by atoms with Crippen molar-refractivity contribution >= 4 is 23.9 Å². The van der Waals surface area contributed by atoms with Gasteiger partial charge in [-0.1, -0.05) is 55.5 Å². The fourth-order valence-electron chi connectivity index (χ4n) is 4.10. The molecule has 0 radical (unpaired) electrons. The summed E-state index contributed by atoms with van der Waals surface area (Å²) in [7, 11) is 1.20. The summed E-state index contributed by atoms with van der Waals surface area (Å²) in [4.78, 5) is 47.8. The molecule has 0 saturated carbocycles. The second-order valence-electron chi connectivity index (χ2n) is 8.56. The van der Waals surface area contributed by atoms with E-state index in [0.717, 1.165) is 22.3 Å². The summed E-state index contributed by atoms with van der Waals surface area (Å²) in [5, 5.41) is 14.4. The maximum Gasteiger partial charge on any atom is 0.407 e. The van der Waals surface area contributed by atoms with Crippen molar-refractivity contribution in [1.29, 1.82) is 0 Å². The fraction of sp³-hybridized carbons (Fsp3) is 0.385. The topological polar surface area (TPSA) is 131 Å². The van der Waals surface area contributed by atoms with Gasteiger partial charge in [0.05, 0.1) is 13.0 Å². The first-order valence-electron chi connectivity index (χ1n) is 11.4. The summed E-state index contributed by atoms with van der Waals surface area (Å²) >= 11 is 0. The van der Waals surface area contributed by atoms with Gasteiger partial charge in [0.25, 0.3) is 0 Å². The lowest BCUT2D eigenvalue weighted by atomic mass is 9.98. The second-order valence-corrected chi connectivity index (χ2v) is 8.56. The number of benzene rings is 2. The van der Waals surface area contributed by atoms with Gasteiger partial charge >= 0.3 is 18.0 Å². The molecule has 3 atom stereocenters. The number of rotatable bonds is 10. The lowest BCUT2D eigenvalue weighted by molar-refractivity contribution is -0.144. The summed E-state index contributed by atoms with van der Waals surface area (Å²) in [5.41, 5.74) is 4.43. The number of carboxylic acid groups (broad SMARTS) is 1. The second kappa shape index (κ2) is 11.5. The molecule has 1 aliphatic carbocycles. The largest absolute Gasteiger partial charge is 0.480 e. The van der Waals surface area contributed by atoms with E-state index in [-0.39, 0.29) is 25.4 Å². The lowest BCUT2D eigenvalue weighted by Gasteiger charge is -2.23. The minimum atomic E-state index is -1.26. The number of alkyl carbamates (subject to hydrolysis) is 1. The van der Waals surface area contributed by atoms with Crippen LogP contribution in [-0.4, -0.2) is 54.8 Å². The van der Waals surface area contributed by atoms with Gasteiger partial charge in [-0.15, -0.1) is 0 Å². The number of nitrogens with one attached hydrogen (secondary N) is 2. The van der Waals surface area contributed by atoms with Crippen molar-refractivity contribution in [1.82, 2.24) is 10.6 Å². The molecule has 186 valence electrons. The molecule has 3 N–H and O–H groups in total. The van der Waals surface area contributed by atoms with Gasteiger partial charge in [0.1, 0.15) is 12.6 Å². The fourth-order valence-corrected chi connectivity index (χ4v) is 4.10. The maximum atomic E-state index is 12.6. The van der Waals surface area contributed by atoms with Crippen LogP contribution in [0.3, 0.4) is 0 Å². The molecule has 2 unspecified atom stereocenters. The van der Waals surface area contributed by atoms with E-state index in [4.69, 9.17) is 4.74 Å². The summed E-state index contributed by atoms with van der Waals surface area (Å²) in [6, 6.07) is 14.1. The Balaban J connectivity index is 1.54. The van der Waals surface area contributed by atoms with Crippen molar-refractivity contribution in [2.45, 2.75) is 44.7 Å². The molecule has 9 nitrogen and oxygen atoms in total. The molecule has 0 heterocycles. The van der Waals surface area contributed by atoms with Gasteiger partial charge in [-0.05, 0) is 35.6 Å². The molecular weight excluding hydrogens is 452 g/mol. The normalized spacial score (nSPS) is 14.6. The highest BCUT2D eigenvalue weighted by Gasteiger charge is 2.30. The van der Waals surface area contributed by atoms with E-state index in [9.17, 15) is 24.3 Å². The van der Waals surface area contributed by atoms with Crippen LogP contribution in [0, 0.1) is 5.92 Å². The number of carbonyl (C=O) groups is 4. The molecule has 0 fully saturated rings. The third-order valence-corrected chi connectivity index (χ3v) is 6.33. The monoisotopic (exact) mass is 482 g/mol. The van der Waals surface area contributed by atoms with Gasteiger partial charge in [0.2, 0.25) is 5.91 Å². The van der Waals surface area contributed by atoms with Gasteiger partial charge in [0.15, 0.2) is 0 Å². The number of hydrogen-bond acceptors (Lipinski definition) is 6. The van der Waals surface area contributed by atoms with Crippen LogP contribution in [0.15, 0.2) is 48.5 Å². The molecule has 0 bridgehead atoms. The number of fused-ring (bicyclic) bond motifs is 3. The molecule has 2 aromatic rings. The van der Waals surface area contributed by atoms with E-state index >= 15 is 0 Å². The molecule has 35 heavy (non-hydrogen) atoms. The van der Waals surface area contributed by atoms with Crippen molar-refractivity contribution < 1.29 is 33.8 Å². The SMILES string of the molecule is COC(=O)CC[C@H](NC(=O)C(C)C(C)NC(=O)OCC1c2ccccc2-c2ccccc21)C(=O)O. The number of carboxylic acids is 1. The van der Waals surface area contributed by atoms with E-state index in [2.05, 4.69) is 15.4 Å². The number of esters is 1. The summed E-state index contributed by atoms with van der Waals surface area (Å²) in [5.74, 6) is -3.21. The predicted octanol–water partition coefficient (Wildman–Crippen LogP) is 3.07. The van der Waals surface area contributed by atoms with Crippen molar-refractivity contribution in [2.24, 2.45) is 5.92 Å². The maximum absolute atomic E-state index is 12.6. The molecule has 1 aliphatic rings. The van der Waals surface area contributed by atoms with Gasteiger partial charge in [-0.2, -0.15) is 0 Å². The van der Waals surface area contributed by atoms with Crippen molar-refractivity contribution in [3.8, 4) is 11.1 Å². The molecule has 0 aromatic heterocycles. The van der Waals surface area contributed by atoms with E-state index in [1.165, 1.54) is 7.11 Å². The number of aliphatic carboxylic acids is 1. The third kappa shape index (κ3) is 6.17. The Morgan fingerprint density at radius 1 is 0.943 bits per heavy atom. The van der Waals surface area contributed by atoms with E-state index in [0.29, 0.717) is 0 Å². The molecule has 2 amide bonds. The summed E-state index contributed by atoms with van der Waals surface area (Å²) in [6.07, 6.45) is -0.913. The summed E-state index contributed by atoms with van der Waals surface area (Å²) < 4.78 is 10.0. The van der Waals surface area contributed by atoms with Crippen molar-refractivity contribution in [3.05, 3.63) is 59.7 Å². The van der Waals surface area contributed by atoms with Crippen LogP contribution in [0.2, 0.25) is 0 Å². The Bertz CT molecular complexity index is 1060. The zero-order valence-corrected chi connectivity index (χ0v) is 19.9. The number of methoxy groups -OCH3 is 1. The Kier molecular flexibility index (Phi) is 8.46. The Morgan fingerprint density at radius 2 is 1.51 bits per heavy atom. The standard InChI is InChI=1S/C26H30N2O7/c1-15(24(30)28-22(25(31)32)12-13-23(29)34-3)16(2)27-26(33)35-14-21-19-10-6-4-8-17(19)18-9-5-7-11-20(18)21/h4-11,15-16,21-22H,12-14H2,1-3H3,(H,27,33)(H,28,30)(H,31,32)/t15?,16?,22-/m0/s1. The highest BCUT2D eigenvalue weighted by atomic mass is 16.5. The number of amides is 2. The van der Waals surface area contributed by atoms with Gasteiger partial charge in [0, 0.05) is 18.4 Å². The number of hydrogen-bond donors (Lipinski definition) is 3. The molecule has 0 saturated heterocycles. The van der Waals surface area contributed by atoms with Gasteiger partial charge in [-0.3, -0.25) is 9.59 Å².